The second kappa shape index (κ2) is 17.8. The van der Waals surface area contributed by atoms with Crippen LogP contribution in [0, 0.1) is 13.8 Å². The second-order valence-corrected chi connectivity index (χ2v) is 10.4. The van der Waals surface area contributed by atoms with Crippen molar-refractivity contribution in [2.75, 3.05) is 0 Å². The molecule has 0 bridgehead atoms. The molecule has 4 aromatic rings. The number of aromatic nitrogens is 6. The van der Waals surface area contributed by atoms with Crippen molar-refractivity contribution in [3.05, 3.63) is 107 Å². The molecule has 6 nitrogen and oxygen atoms in total. The molecule has 38 heavy (non-hydrogen) atoms. The van der Waals surface area contributed by atoms with E-state index in [1.165, 1.54) is 17.0 Å². The molecule has 204 valence electrons. The summed E-state index contributed by atoms with van der Waals surface area (Å²) < 4.78 is 0. The SMILES string of the molecule is CC(C)c1cccnn1.CC(C)c1ccncn1.Cc1ccc(C(C)C)nc1.Cc1cccc(C(C)C)n1. The Hall–Kier alpha value is -3.54. The molecule has 6 heteroatoms. The minimum absolute atomic E-state index is 0.485. The second-order valence-electron chi connectivity index (χ2n) is 10.4. The molecule has 4 rings (SSSR count). The summed E-state index contributed by atoms with van der Waals surface area (Å²) in [6, 6.07) is 16.1. The van der Waals surface area contributed by atoms with Crippen LogP contribution in [0.5, 0.6) is 0 Å². The number of hydrogen-bond donors (Lipinski definition) is 0. The minimum Gasteiger partial charge on any atom is -0.261 e. The van der Waals surface area contributed by atoms with Crippen LogP contribution in [0.15, 0.2) is 73.4 Å². The zero-order valence-corrected chi connectivity index (χ0v) is 24.9. The highest BCUT2D eigenvalue weighted by Gasteiger charge is 1.99. The van der Waals surface area contributed by atoms with E-state index in [4.69, 9.17) is 0 Å². The fourth-order valence-electron chi connectivity index (χ4n) is 2.97. The lowest BCUT2D eigenvalue weighted by Crippen LogP contribution is -1.92. The van der Waals surface area contributed by atoms with Crippen molar-refractivity contribution in [1.82, 2.24) is 30.1 Å². The molecular formula is C32H46N6. The number of nitrogens with zero attached hydrogens (tertiary/aromatic N) is 6. The predicted molar refractivity (Wildman–Crippen MR) is 158 cm³/mol. The quantitative estimate of drug-likeness (QED) is 0.273. The molecule has 0 atom stereocenters. The van der Waals surface area contributed by atoms with Gasteiger partial charge in [-0.3, -0.25) is 9.97 Å². The van der Waals surface area contributed by atoms with Gasteiger partial charge >= 0.3 is 0 Å². The topological polar surface area (TPSA) is 77.3 Å². The van der Waals surface area contributed by atoms with Gasteiger partial charge in [-0.25, -0.2) is 9.97 Å². The van der Waals surface area contributed by atoms with Crippen molar-refractivity contribution >= 4 is 0 Å². The molecule has 0 spiro atoms. The normalized spacial score (nSPS) is 10.3. The summed E-state index contributed by atoms with van der Waals surface area (Å²) in [5.41, 5.74) is 6.84. The summed E-state index contributed by atoms with van der Waals surface area (Å²) in [7, 11) is 0. The van der Waals surface area contributed by atoms with Crippen LogP contribution in [0.3, 0.4) is 0 Å². The summed E-state index contributed by atoms with van der Waals surface area (Å²) in [4.78, 5) is 16.5. The van der Waals surface area contributed by atoms with Gasteiger partial charge in [0.05, 0.1) is 5.69 Å². The Morgan fingerprint density at radius 1 is 0.553 bits per heavy atom. The Balaban J connectivity index is 0.000000254. The summed E-state index contributed by atoms with van der Waals surface area (Å²) >= 11 is 0. The number of hydrogen-bond acceptors (Lipinski definition) is 6. The highest BCUT2D eigenvalue weighted by atomic mass is 15.1. The van der Waals surface area contributed by atoms with Crippen molar-refractivity contribution in [1.29, 1.82) is 0 Å². The lowest BCUT2D eigenvalue weighted by atomic mass is 10.1. The minimum atomic E-state index is 0.485. The Bertz CT molecular complexity index is 1080. The van der Waals surface area contributed by atoms with E-state index in [2.05, 4.69) is 117 Å². The zero-order chi connectivity index (χ0) is 28.5. The smallest absolute Gasteiger partial charge is 0.115 e. The van der Waals surface area contributed by atoms with E-state index in [9.17, 15) is 0 Å². The average Bonchev–Trinajstić information content (AvgIpc) is 2.91. The van der Waals surface area contributed by atoms with Crippen LogP contribution in [-0.4, -0.2) is 30.1 Å². The molecule has 0 aliphatic rings. The van der Waals surface area contributed by atoms with Gasteiger partial charge in [0.25, 0.3) is 0 Å². The molecule has 0 unspecified atom stereocenters. The number of aryl methyl sites for hydroxylation is 2. The lowest BCUT2D eigenvalue weighted by Gasteiger charge is -2.03. The van der Waals surface area contributed by atoms with Crippen molar-refractivity contribution in [2.24, 2.45) is 0 Å². The standard InChI is InChI=1S/2C9H13N.2C7H10N2/c1-7(2)9-5-4-8(3)6-10-9;1-7(2)9-6-4-5-8(3)10-9;1-6(2)7-3-4-8-5-9-7;1-6(2)7-4-3-5-8-9-7/h2*4-7H,1-3H3;2*3-6H,1-2H3. The highest BCUT2D eigenvalue weighted by Crippen LogP contribution is 2.11. The van der Waals surface area contributed by atoms with E-state index in [1.807, 2.05) is 37.4 Å². The molecule has 4 heterocycles. The fourth-order valence-corrected chi connectivity index (χ4v) is 2.97. The summed E-state index contributed by atoms with van der Waals surface area (Å²) in [5, 5.41) is 7.68. The Morgan fingerprint density at radius 2 is 1.16 bits per heavy atom. The molecule has 0 saturated heterocycles. The maximum atomic E-state index is 4.37. The van der Waals surface area contributed by atoms with Gasteiger partial charge in [0.2, 0.25) is 0 Å². The van der Waals surface area contributed by atoms with Crippen LogP contribution in [0.4, 0.5) is 0 Å². The van der Waals surface area contributed by atoms with Crippen LogP contribution in [0.1, 0.15) is 113 Å². The van der Waals surface area contributed by atoms with Gasteiger partial charge in [-0.1, -0.05) is 67.5 Å². The van der Waals surface area contributed by atoms with E-state index in [0.29, 0.717) is 23.7 Å². The molecule has 0 radical (unpaired) electrons. The van der Waals surface area contributed by atoms with Gasteiger partial charge in [-0.05, 0) is 79.5 Å². The van der Waals surface area contributed by atoms with E-state index >= 15 is 0 Å². The van der Waals surface area contributed by atoms with Gasteiger partial charge in [0.15, 0.2) is 0 Å². The van der Waals surface area contributed by atoms with Gasteiger partial charge < -0.3 is 0 Å². The summed E-state index contributed by atoms with van der Waals surface area (Å²) in [5.74, 6) is 2.08. The van der Waals surface area contributed by atoms with Crippen LogP contribution in [0.25, 0.3) is 0 Å². The molecular weight excluding hydrogens is 468 g/mol. The molecule has 4 aromatic heterocycles. The first-order valence-electron chi connectivity index (χ1n) is 13.4. The molecule has 0 aliphatic carbocycles. The van der Waals surface area contributed by atoms with Crippen molar-refractivity contribution < 1.29 is 0 Å². The molecule has 0 aliphatic heterocycles. The largest absolute Gasteiger partial charge is 0.261 e. The predicted octanol–water partition coefficient (Wildman–Crippen LogP) is 8.23. The summed E-state index contributed by atoms with van der Waals surface area (Å²) in [6.45, 7) is 21.1. The van der Waals surface area contributed by atoms with Gasteiger partial charge in [0.1, 0.15) is 6.33 Å². The average molecular weight is 515 g/mol. The van der Waals surface area contributed by atoms with E-state index in [1.54, 1.807) is 18.7 Å². The zero-order valence-electron chi connectivity index (χ0n) is 24.9. The Kier molecular flexibility index (Phi) is 15.2. The fraction of sp³-hybridized carbons (Fsp3) is 0.438. The van der Waals surface area contributed by atoms with E-state index in [-0.39, 0.29) is 0 Å². The van der Waals surface area contributed by atoms with Crippen molar-refractivity contribution in [2.45, 2.75) is 92.9 Å². The monoisotopic (exact) mass is 514 g/mol. The number of pyridine rings is 2. The van der Waals surface area contributed by atoms with E-state index < -0.39 is 0 Å². The van der Waals surface area contributed by atoms with Crippen molar-refractivity contribution in [3.8, 4) is 0 Å². The molecule has 0 N–H and O–H groups in total. The molecule has 0 amide bonds. The molecule has 0 saturated carbocycles. The first-order valence-corrected chi connectivity index (χ1v) is 13.4. The Morgan fingerprint density at radius 3 is 1.53 bits per heavy atom. The highest BCUT2D eigenvalue weighted by molar-refractivity contribution is 5.14. The van der Waals surface area contributed by atoms with Crippen LogP contribution in [0.2, 0.25) is 0 Å². The van der Waals surface area contributed by atoms with Crippen LogP contribution < -0.4 is 0 Å². The van der Waals surface area contributed by atoms with Gasteiger partial charge in [-0.2, -0.15) is 10.2 Å². The van der Waals surface area contributed by atoms with Gasteiger partial charge in [0, 0.05) is 41.4 Å². The van der Waals surface area contributed by atoms with Gasteiger partial charge in [-0.15, -0.1) is 0 Å². The van der Waals surface area contributed by atoms with Crippen LogP contribution >= 0.6 is 0 Å². The lowest BCUT2D eigenvalue weighted by molar-refractivity contribution is 0.785. The first kappa shape index (κ1) is 32.5. The van der Waals surface area contributed by atoms with Crippen LogP contribution in [-0.2, 0) is 0 Å². The first-order chi connectivity index (χ1) is 18.0. The summed E-state index contributed by atoms with van der Waals surface area (Å²) in [6.07, 6.45) is 6.94. The maximum absolute atomic E-state index is 4.37. The molecule has 0 aromatic carbocycles. The van der Waals surface area contributed by atoms with E-state index in [0.717, 1.165) is 17.1 Å². The third kappa shape index (κ3) is 13.7. The van der Waals surface area contributed by atoms with Crippen molar-refractivity contribution in [3.63, 3.8) is 0 Å². The number of rotatable bonds is 4. The third-order valence-electron chi connectivity index (χ3n) is 5.41. The molecule has 0 fully saturated rings. The third-order valence-corrected chi connectivity index (χ3v) is 5.41. The maximum Gasteiger partial charge on any atom is 0.115 e. The Labute approximate surface area is 230 Å².